The van der Waals surface area contributed by atoms with E-state index in [0.717, 1.165) is 35.5 Å². The predicted octanol–water partition coefficient (Wildman–Crippen LogP) is 2.22. The zero-order valence-corrected chi connectivity index (χ0v) is 12.6. The average Bonchev–Trinajstić information content (AvgIpc) is 2.46. The molecule has 3 N–H and O–H groups in total. The molecule has 1 saturated heterocycles. The average molecular weight is 294 g/mol. The van der Waals surface area contributed by atoms with Crippen LogP contribution in [-0.2, 0) is 0 Å². The summed E-state index contributed by atoms with van der Waals surface area (Å²) >= 11 is 1.93. The van der Waals surface area contributed by atoms with E-state index in [4.69, 9.17) is 0 Å². The van der Waals surface area contributed by atoms with Crippen molar-refractivity contribution in [2.24, 2.45) is 0 Å². The van der Waals surface area contributed by atoms with Gasteiger partial charge in [0.2, 0.25) is 0 Å². The maximum atomic E-state index is 11.8. The van der Waals surface area contributed by atoms with E-state index in [9.17, 15) is 9.90 Å². The Labute approximate surface area is 124 Å². The first-order chi connectivity index (χ1) is 9.66. The molecule has 20 heavy (non-hydrogen) atoms. The molecule has 1 aromatic rings. The molecule has 1 aromatic carbocycles. The maximum absolute atomic E-state index is 11.8. The van der Waals surface area contributed by atoms with Crippen molar-refractivity contribution in [3.05, 3.63) is 35.4 Å². The van der Waals surface area contributed by atoms with Crippen molar-refractivity contribution in [3.8, 4) is 0 Å². The molecule has 2 amide bonds. The van der Waals surface area contributed by atoms with Gasteiger partial charge in [0.1, 0.15) is 0 Å². The number of rotatable bonds is 4. The first kappa shape index (κ1) is 15.2. The van der Waals surface area contributed by atoms with Gasteiger partial charge >= 0.3 is 6.03 Å². The molecule has 1 fully saturated rings. The molecule has 5 heteroatoms. The van der Waals surface area contributed by atoms with Crippen LogP contribution in [0.5, 0.6) is 0 Å². The molecule has 0 aromatic heterocycles. The molecule has 1 aliphatic rings. The highest BCUT2D eigenvalue weighted by molar-refractivity contribution is 7.99. The molecule has 0 spiro atoms. The van der Waals surface area contributed by atoms with Gasteiger partial charge in [-0.25, -0.2) is 4.79 Å². The minimum Gasteiger partial charge on any atom is -0.387 e. The summed E-state index contributed by atoms with van der Waals surface area (Å²) in [5.74, 6) is 2.22. The van der Waals surface area contributed by atoms with Gasteiger partial charge in [-0.3, -0.25) is 0 Å². The van der Waals surface area contributed by atoms with E-state index >= 15 is 0 Å². The third-order valence-corrected chi connectivity index (χ3v) is 4.61. The van der Waals surface area contributed by atoms with Crippen molar-refractivity contribution < 1.29 is 9.90 Å². The fourth-order valence-electron chi connectivity index (χ4n) is 2.34. The van der Waals surface area contributed by atoms with Crippen LogP contribution >= 0.6 is 11.8 Å². The summed E-state index contributed by atoms with van der Waals surface area (Å²) in [4.78, 5) is 11.8. The first-order valence-electron chi connectivity index (χ1n) is 7.02. The largest absolute Gasteiger partial charge is 0.387 e. The van der Waals surface area contributed by atoms with Gasteiger partial charge in [-0.2, -0.15) is 11.8 Å². The van der Waals surface area contributed by atoms with Crippen LogP contribution in [-0.4, -0.2) is 35.2 Å². The number of aliphatic hydroxyl groups excluding tert-OH is 1. The van der Waals surface area contributed by atoms with Crippen molar-refractivity contribution in [1.82, 2.24) is 10.6 Å². The maximum Gasteiger partial charge on any atom is 0.315 e. The number of nitrogens with one attached hydrogen (secondary N) is 2. The summed E-state index contributed by atoms with van der Waals surface area (Å²) in [5.41, 5.74) is 1.90. The van der Waals surface area contributed by atoms with Crippen LogP contribution < -0.4 is 10.6 Å². The molecule has 1 aliphatic heterocycles. The minimum atomic E-state index is -0.663. The van der Waals surface area contributed by atoms with E-state index in [2.05, 4.69) is 10.6 Å². The van der Waals surface area contributed by atoms with Crippen molar-refractivity contribution in [1.29, 1.82) is 0 Å². The van der Waals surface area contributed by atoms with Gasteiger partial charge in [0.05, 0.1) is 6.10 Å². The predicted molar refractivity (Wildman–Crippen MR) is 83.0 cm³/mol. The molecule has 1 heterocycles. The quantitative estimate of drug-likeness (QED) is 0.798. The number of carbonyl (C=O) groups excluding carboxylic acids is 1. The van der Waals surface area contributed by atoms with Crippen molar-refractivity contribution in [3.63, 3.8) is 0 Å². The van der Waals surface area contributed by atoms with Gasteiger partial charge in [-0.15, -0.1) is 0 Å². The van der Waals surface area contributed by atoms with Crippen LogP contribution in [0.3, 0.4) is 0 Å². The Hall–Kier alpha value is -1.20. The highest BCUT2D eigenvalue weighted by atomic mass is 32.2. The van der Waals surface area contributed by atoms with E-state index in [1.807, 2.05) is 43.0 Å². The summed E-state index contributed by atoms with van der Waals surface area (Å²) in [6.07, 6.45) is 1.39. The molecule has 0 saturated carbocycles. The fraction of sp³-hybridized carbons (Fsp3) is 0.533. The highest BCUT2D eigenvalue weighted by Crippen LogP contribution is 2.17. The molecule has 0 radical (unpaired) electrons. The molecule has 110 valence electrons. The minimum absolute atomic E-state index is 0.186. The second kappa shape index (κ2) is 7.55. The highest BCUT2D eigenvalue weighted by Gasteiger charge is 2.17. The Morgan fingerprint density at radius 3 is 2.80 bits per heavy atom. The third-order valence-electron chi connectivity index (χ3n) is 3.56. The zero-order valence-electron chi connectivity index (χ0n) is 11.8. The Bertz CT molecular complexity index is 447. The SMILES string of the molecule is Cc1ccccc1C(O)CNC(=O)NC1CCSCC1. The molecule has 1 unspecified atom stereocenters. The number of aliphatic hydroxyl groups is 1. The van der Waals surface area contributed by atoms with E-state index in [-0.39, 0.29) is 18.6 Å². The van der Waals surface area contributed by atoms with Gasteiger partial charge < -0.3 is 15.7 Å². The second-order valence-corrected chi connectivity index (χ2v) is 6.34. The third kappa shape index (κ3) is 4.42. The Balaban J connectivity index is 1.76. The van der Waals surface area contributed by atoms with Gasteiger partial charge in [-0.1, -0.05) is 24.3 Å². The normalized spacial score (nSPS) is 17.5. The van der Waals surface area contributed by atoms with Crippen LogP contribution in [0.4, 0.5) is 4.79 Å². The lowest BCUT2D eigenvalue weighted by Crippen LogP contribution is -2.44. The summed E-state index contributed by atoms with van der Waals surface area (Å²) in [7, 11) is 0. The number of thioether (sulfide) groups is 1. The lowest BCUT2D eigenvalue weighted by molar-refractivity contribution is 0.171. The van der Waals surface area contributed by atoms with E-state index in [0.29, 0.717) is 0 Å². The van der Waals surface area contributed by atoms with Crippen molar-refractivity contribution in [2.75, 3.05) is 18.1 Å². The smallest absolute Gasteiger partial charge is 0.315 e. The van der Waals surface area contributed by atoms with Crippen LogP contribution in [0.25, 0.3) is 0 Å². The number of hydrogen-bond donors (Lipinski definition) is 3. The lowest BCUT2D eigenvalue weighted by atomic mass is 10.0. The number of aryl methyl sites for hydroxylation is 1. The Morgan fingerprint density at radius 2 is 2.10 bits per heavy atom. The summed E-state index contributed by atoms with van der Waals surface area (Å²) in [6, 6.07) is 7.76. The number of hydrogen-bond acceptors (Lipinski definition) is 3. The number of amides is 2. The molecule has 4 nitrogen and oxygen atoms in total. The fourth-order valence-corrected chi connectivity index (χ4v) is 3.44. The molecular weight excluding hydrogens is 272 g/mol. The topological polar surface area (TPSA) is 61.4 Å². The van der Waals surface area contributed by atoms with Crippen LogP contribution in [0.1, 0.15) is 30.1 Å². The first-order valence-corrected chi connectivity index (χ1v) is 8.18. The zero-order chi connectivity index (χ0) is 14.4. The Morgan fingerprint density at radius 1 is 1.40 bits per heavy atom. The van der Waals surface area contributed by atoms with Gasteiger partial charge in [0.25, 0.3) is 0 Å². The van der Waals surface area contributed by atoms with Gasteiger partial charge in [-0.05, 0) is 42.4 Å². The lowest BCUT2D eigenvalue weighted by Gasteiger charge is -2.23. The van der Waals surface area contributed by atoms with Crippen molar-refractivity contribution >= 4 is 17.8 Å². The number of benzene rings is 1. The molecule has 1 atom stereocenters. The van der Waals surface area contributed by atoms with Crippen LogP contribution in [0.2, 0.25) is 0 Å². The van der Waals surface area contributed by atoms with Crippen molar-refractivity contribution in [2.45, 2.75) is 31.9 Å². The van der Waals surface area contributed by atoms with E-state index in [1.165, 1.54) is 0 Å². The molecule has 0 bridgehead atoms. The van der Waals surface area contributed by atoms with Gasteiger partial charge in [0.15, 0.2) is 0 Å². The van der Waals surface area contributed by atoms with Gasteiger partial charge in [0, 0.05) is 12.6 Å². The molecular formula is C15H22N2O2S. The molecule has 2 rings (SSSR count). The second-order valence-electron chi connectivity index (χ2n) is 5.11. The van der Waals surface area contributed by atoms with Crippen LogP contribution in [0, 0.1) is 6.92 Å². The van der Waals surface area contributed by atoms with E-state index in [1.54, 1.807) is 0 Å². The standard InChI is InChI=1S/C15H22N2O2S/c1-11-4-2-3-5-13(11)14(18)10-16-15(19)17-12-6-8-20-9-7-12/h2-5,12,14,18H,6-10H2,1H3,(H2,16,17,19). The summed E-state index contributed by atoms with van der Waals surface area (Å²) in [6.45, 7) is 2.19. The van der Waals surface area contributed by atoms with Crippen LogP contribution in [0.15, 0.2) is 24.3 Å². The summed E-state index contributed by atoms with van der Waals surface area (Å²) < 4.78 is 0. The summed E-state index contributed by atoms with van der Waals surface area (Å²) in [5, 5.41) is 15.8. The number of carbonyl (C=O) groups is 1. The number of urea groups is 1. The van der Waals surface area contributed by atoms with E-state index < -0.39 is 6.10 Å². The molecule has 0 aliphatic carbocycles. The monoisotopic (exact) mass is 294 g/mol. The Kier molecular flexibility index (Phi) is 5.73.